The summed E-state index contributed by atoms with van der Waals surface area (Å²) in [5.41, 5.74) is 3.97. The Hall–Kier alpha value is -2.18. The second-order valence-electron chi connectivity index (χ2n) is 6.00. The second kappa shape index (κ2) is 7.15. The third-order valence-electron chi connectivity index (χ3n) is 4.00. The normalized spacial score (nSPS) is 12.7. The number of nitrogens with two attached hydrogens (primary N) is 1. The Morgan fingerprint density at radius 3 is 2.46 bits per heavy atom. The Balaban J connectivity index is 2.07. The van der Waals surface area contributed by atoms with Gasteiger partial charge < -0.3 is 5.32 Å². The minimum Gasteiger partial charge on any atom is -0.349 e. The highest BCUT2D eigenvalue weighted by atomic mass is 32.2. The molecule has 3 N–H and O–H groups in total. The van der Waals surface area contributed by atoms with Crippen molar-refractivity contribution in [1.82, 2.24) is 5.32 Å². The van der Waals surface area contributed by atoms with E-state index in [4.69, 9.17) is 5.14 Å². The zero-order valence-electron chi connectivity index (χ0n) is 14.0. The molecular weight excluding hydrogens is 324 g/mol. The van der Waals surface area contributed by atoms with Gasteiger partial charge in [0.25, 0.3) is 0 Å². The fourth-order valence-electron chi connectivity index (χ4n) is 2.44. The van der Waals surface area contributed by atoms with Gasteiger partial charge in [-0.15, -0.1) is 0 Å². The second-order valence-corrected chi connectivity index (χ2v) is 7.56. The molecule has 0 saturated heterocycles. The van der Waals surface area contributed by atoms with Crippen LogP contribution >= 0.6 is 0 Å². The molecule has 128 valence electrons. The van der Waals surface area contributed by atoms with Crippen molar-refractivity contribution < 1.29 is 13.2 Å². The van der Waals surface area contributed by atoms with Gasteiger partial charge in [0.15, 0.2) is 0 Å². The summed E-state index contributed by atoms with van der Waals surface area (Å²) in [4.78, 5) is 12.3. The van der Waals surface area contributed by atoms with Crippen molar-refractivity contribution in [2.75, 3.05) is 0 Å². The summed E-state index contributed by atoms with van der Waals surface area (Å²) >= 11 is 0. The summed E-state index contributed by atoms with van der Waals surface area (Å²) in [6, 6.07) is 11.9. The lowest BCUT2D eigenvalue weighted by molar-refractivity contribution is -0.121. The average molecular weight is 346 g/mol. The number of carbonyl (C=O) groups excluding carboxylic acids is 1. The van der Waals surface area contributed by atoms with Crippen molar-refractivity contribution in [3.8, 4) is 0 Å². The summed E-state index contributed by atoms with van der Waals surface area (Å²) in [5.74, 6) is -0.119. The Morgan fingerprint density at radius 1 is 1.12 bits per heavy atom. The quantitative estimate of drug-likeness (QED) is 0.871. The highest BCUT2D eigenvalue weighted by molar-refractivity contribution is 7.89. The van der Waals surface area contributed by atoms with Gasteiger partial charge in [0.1, 0.15) is 0 Å². The van der Waals surface area contributed by atoms with Crippen molar-refractivity contribution in [3.63, 3.8) is 0 Å². The molecule has 2 rings (SSSR count). The van der Waals surface area contributed by atoms with Crippen LogP contribution in [0.2, 0.25) is 0 Å². The van der Waals surface area contributed by atoms with E-state index in [1.807, 2.05) is 32.0 Å². The Bertz CT molecular complexity index is 860. The first-order chi connectivity index (χ1) is 11.2. The minimum absolute atomic E-state index is 0.0373. The van der Waals surface area contributed by atoms with Gasteiger partial charge >= 0.3 is 0 Å². The molecule has 0 aliphatic carbocycles. The molecule has 0 radical (unpaired) electrons. The summed E-state index contributed by atoms with van der Waals surface area (Å²) < 4.78 is 22.8. The van der Waals surface area contributed by atoms with Crippen LogP contribution in [0.25, 0.3) is 0 Å². The van der Waals surface area contributed by atoms with Gasteiger partial charge in [-0.2, -0.15) is 0 Å². The molecule has 0 heterocycles. The topological polar surface area (TPSA) is 89.3 Å². The first kappa shape index (κ1) is 18.2. The molecule has 2 aromatic carbocycles. The van der Waals surface area contributed by atoms with Crippen LogP contribution in [-0.2, 0) is 21.2 Å². The number of primary sulfonamides is 1. The monoisotopic (exact) mass is 346 g/mol. The molecule has 0 fully saturated rings. The molecule has 2 aromatic rings. The van der Waals surface area contributed by atoms with E-state index in [0.717, 1.165) is 11.1 Å². The lowest BCUT2D eigenvalue weighted by atomic mass is 10.0. The molecule has 1 unspecified atom stereocenters. The maximum absolute atomic E-state index is 12.2. The zero-order valence-corrected chi connectivity index (χ0v) is 14.9. The fourth-order valence-corrected chi connectivity index (χ4v) is 3.00. The molecule has 0 aliphatic rings. The lowest BCUT2D eigenvalue weighted by Crippen LogP contribution is -2.28. The van der Waals surface area contributed by atoms with Gasteiger partial charge in [-0.3, -0.25) is 4.79 Å². The smallest absolute Gasteiger partial charge is 0.238 e. The van der Waals surface area contributed by atoms with E-state index in [9.17, 15) is 13.2 Å². The fraction of sp³-hybridized carbons (Fsp3) is 0.278. The Morgan fingerprint density at radius 2 is 1.83 bits per heavy atom. The van der Waals surface area contributed by atoms with Gasteiger partial charge in [-0.05, 0) is 55.2 Å². The van der Waals surface area contributed by atoms with Crippen molar-refractivity contribution in [2.24, 2.45) is 5.14 Å². The van der Waals surface area contributed by atoms with E-state index in [1.165, 1.54) is 17.7 Å². The van der Waals surface area contributed by atoms with Crippen molar-refractivity contribution in [1.29, 1.82) is 0 Å². The van der Waals surface area contributed by atoms with Crippen molar-refractivity contribution >= 4 is 15.9 Å². The summed E-state index contributed by atoms with van der Waals surface area (Å²) in [6.07, 6.45) is 0.278. The molecule has 0 aliphatic heterocycles. The molecule has 5 nitrogen and oxygen atoms in total. The number of hydrogen-bond donors (Lipinski definition) is 2. The maximum atomic E-state index is 12.2. The number of sulfonamides is 1. The molecule has 6 heteroatoms. The van der Waals surface area contributed by atoms with E-state index >= 15 is 0 Å². The Labute approximate surface area is 142 Å². The average Bonchev–Trinajstić information content (AvgIpc) is 2.50. The van der Waals surface area contributed by atoms with E-state index in [0.29, 0.717) is 5.56 Å². The third kappa shape index (κ3) is 4.66. The minimum atomic E-state index is -3.76. The third-order valence-corrected chi connectivity index (χ3v) is 4.91. The summed E-state index contributed by atoms with van der Waals surface area (Å²) in [5, 5.41) is 8.02. The highest BCUT2D eigenvalue weighted by Gasteiger charge is 2.14. The number of hydrogen-bond acceptors (Lipinski definition) is 3. The standard InChI is InChI=1S/C18H22N2O3S/c1-12-7-8-15(9-13(12)2)10-18(21)20-14(3)16-5-4-6-17(11-16)24(19,22)23/h4-9,11,14H,10H2,1-3H3,(H,20,21)(H2,19,22,23). The van der Waals surface area contributed by atoms with Crippen LogP contribution in [0.5, 0.6) is 0 Å². The van der Waals surface area contributed by atoms with Crippen LogP contribution in [0.1, 0.15) is 35.2 Å². The van der Waals surface area contributed by atoms with Gasteiger partial charge in [-0.25, -0.2) is 13.6 Å². The number of benzene rings is 2. The Kier molecular flexibility index (Phi) is 5.41. The van der Waals surface area contributed by atoms with E-state index in [2.05, 4.69) is 5.32 Å². The largest absolute Gasteiger partial charge is 0.349 e. The van der Waals surface area contributed by atoms with Crippen LogP contribution < -0.4 is 10.5 Å². The molecule has 24 heavy (non-hydrogen) atoms. The lowest BCUT2D eigenvalue weighted by Gasteiger charge is -2.15. The zero-order chi connectivity index (χ0) is 17.9. The predicted octanol–water partition coefficient (Wildman–Crippen LogP) is 2.37. The molecular formula is C18H22N2O3S. The molecule has 1 atom stereocenters. The van der Waals surface area contributed by atoms with E-state index in [-0.39, 0.29) is 23.3 Å². The van der Waals surface area contributed by atoms with Crippen LogP contribution in [-0.4, -0.2) is 14.3 Å². The predicted molar refractivity (Wildman–Crippen MR) is 94.0 cm³/mol. The number of rotatable bonds is 5. The van der Waals surface area contributed by atoms with Crippen LogP contribution in [0.15, 0.2) is 47.4 Å². The first-order valence-electron chi connectivity index (χ1n) is 7.65. The highest BCUT2D eigenvalue weighted by Crippen LogP contribution is 2.17. The van der Waals surface area contributed by atoms with Crippen LogP contribution in [0.4, 0.5) is 0 Å². The number of nitrogens with one attached hydrogen (secondary N) is 1. The SMILES string of the molecule is Cc1ccc(CC(=O)NC(C)c2cccc(S(N)(=O)=O)c2)cc1C. The maximum Gasteiger partial charge on any atom is 0.238 e. The number of amides is 1. The van der Waals surface area contributed by atoms with Gasteiger partial charge in [0, 0.05) is 0 Å². The van der Waals surface area contributed by atoms with Crippen LogP contribution in [0, 0.1) is 13.8 Å². The summed E-state index contributed by atoms with van der Waals surface area (Å²) in [6.45, 7) is 5.85. The molecule has 1 amide bonds. The van der Waals surface area contributed by atoms with Crippen molar-refractivity contribution in [3.05, 3.63) is 64.7 Å². The molecule has 0 bridgehead atoms. The molecule has 0 aromatic heterocycles. The number of aryl methyl sites for hydroxylation is 2. The van der Waals surface area contributed by atoms with Gasteiger partial charge in [-0.1, -0.05) is 30.3 Å². The van der Waals surface area contributed by atoms with E-state index < -0.39 is 10.0 Å². The van der Waals surface area contributed by atoms with E-state index in [1.54, 1.807) is 19.1 Å². The summed E-state index contributed by atoms with van der Waals surface area (Å²) in [7, 11) is -3.76. The van der Waals surface area contributed by atoms with Crippen molar-refractivity contribution in [2.45, 2.75) is 38.1 Å². The van der Waals surface area contributed by atoms with Gasteiger partial charge in [0.2, 0.25) is 15.9 Å². The number of carbonyl (C=O) groups is 1. The first-order valence-corrected chi connectivity index (χ1v) is 9.19. The molecule has 0 spiro atoms. The molecule has 0 saturated carbocycles. The van der Waals surface area contributed by atoms with Crippen LogP contribution in [0.3, 0.4) is 0 Å². The van der Waals surface area contributed by atoms with Gasteiger partial charge in [0.05, 0.1) is 17.4 Å².